The van der Waals surface area contributed by atoms with Crippen molar-refractivity contribution in [3.8, 4) is 0 Å². The van der Waals surface area contributed by atoms with Gasteiger partial charge in [-0.15, -0.1) is 0 Å². The molecule has 1 unspecified atom stereocenters. The highest BCUT2D eigenvalue weighted by molar-refractivity contribution is 5.81. The number of aliphatic carboxylic acids is 1. The Bertz CT molecular complexity index is 330. The second-order valence-corrected chi connectivity index (χ2v) is 6.09. The lowest BCUT2D eigenvalue weighted by molar-refractivity contribution is -0.143. The van der Waals surface area contributed by atoms with Gasteiger partial charge in [0.2, 0.25) is 5.91 Å². The predicted molar refractivity (Wildman–Crippen MR) is 68.1 cm³/mol. The molecule has 4 heteroatoms. The van der Waals surface area contributed by atoms with Crippen LogP contribution in [0.1, 0.15) is 51.9 Å². The molecule has 0 aliphatic heterocycles. The van der Waals surface area contributed by atoms with Crippen molar-refractivity contribution in [1.29, 1.82) is 0 Å². The first-order valence-corrected chi connectivity index (χ1v) is 7.05. The van der Waals surface area contributed by atoms with Crippen molar-refractivity contribution >= 4 is 11.9 Å². The quantitative estimate of drug-likeness (QED) is 0.762. The summed E-state index contributed by atoms with van der Waals surface area (Å²) in [6, 6.07) is 0. The highest BCUT2D eigenvalue weighted by Gasteiger charge is 2.50. The van der Waals surface area contributed by atoms with Gasteiger partial charge < -0.3 is 10.4 Å². The summed E-state index contributed by atoms with van der Waals surface area (Å²) in [7, 11) is 0. The van der Waals surface area contributed by atoms with Crippen LogP contribution in [0.3, 0.4) is 0 Å². The molecule has 0 aromatic rings. The summed E-state index contributed by atoms with van der Waals surface area (Å²) in [5.74, 6) is -0.0431. The van der Waals surface area contributed by atoms with Crippen LogP contribution in [0.5, 0.6) is 0 Å². The number of hydrogen-bond donors (Lipinski definition) is 2. The van der Waals surface area contributed by atoms with Gasteiger partial charge in [0.1, 0.15) is 0 Å². The molecular formula is C14H23NO3. The maximum atomic E-state index is 11.9. The number of hydrogen-bond acceptors (Lipinski definition) is 2. The van der Waals surface area contributed by atoms with Crippen LogP contribution >= 0.6 is 0 Å². The molecule has 0 saturated heterocycles. The molecule has 0 radical (unpaired) electrons. The van der Waals surface area contributed by atoms with E-state index in [2.05, 4.69) is 5.32 Å². The summed E-state index contributed by atoms with van der Waals surface area (Å²) >= 11 is 0. The molecule has 18 heavy (non-hydrogen) atoms. The third-order valence-electron chi connectivity index (χ3n) is 4.52. The molecule has 0 aromatic carbocycles. The fourth-order valence-corrected chi connectivity index (χ4v) is 2.90. The minimum absolute atomic E-state index is 0.0118. The second kappa shape index (κ2) is 5.29. The Kier molecular flexibility index (Phi) is 3.93. The van der Waals surface area contributed by atoms with Crippen LogP contribution in [-0.4, -0.2) is 23.5 Å². The normalized spacial score (nSPS) is 23.6. The fraction of sp³-hybridized carbons (Fsp3) is 0.857. The van der Waals surface area contributed by atoms with Gasteiger partial charge in [-0.05, 0) is 25.2 Å². The fourth-order valence-electron chi connectivity index (χ4n) is 2.90. The topological polar surface area (TPSA) is 66.4 Å². The van der Waals surface area contributed by atoms with E-state index in [1.165, 1.54) is 25.7 Å². The zero-order chi connectivity index (χ0) is 13.2. The molecule has 0 aromatic heterocycles. The Hall–Kier alpha value is -1.06. The second-order valence-electron chi connectivity index (χ2n) is 6.09. The largest absolute Gasteiger partial charge is 0.481 e. The Morgan fingerprint density at radius 3 is 2.44 bits per heavy atom. The number of carbonyl (C=O) groups is 2. The van der Waals surface area contributed by atoms with E-state index in [0.717, 1.165) is 6.42 Å². The van der Waals surface area contributed by atoms with Crippen LogP contribution in [0.25, 0.3) is 0 Å². The van der Waals surface area contributed by atoms with Crippen LogP contribution in [-0.2, 0) is 9.59 Å². The van der Waals surface area contributed by atoms with Gasteiger partial charge in [-0.25, -0.2) is 0 Å². The molecule has 2 rings (SSSR count). The van der Waals surface area contributed by atoms with E-state index < -0.39 is 11.4 Å². The molecule has 0 heterocycles. The summed E-state index contributed by atoms with van der Waals surface area (Å²) in [4.78, 5) is 22.9. The highest BCUT2D eigenvalue weighted by atomic mass is 16.4. The van der Waals surface area contributed by atoms with Crippen molar-refractivity contribution < 1.29 is 14.7 Å². The van der Waals surface area contributed by atoms with Crippen molar-refractivity contribution in [2.75, 3.05) is 6.54 Å². The number of carbonyl (C=O) groups excluding carboxylic acids is 1. The first-order chi connectivity index (χ1) is 8.53. The number of carboxylic acids is 1. The van der Waals surface area contributed by atoms with Gasteiger partial charge in [-0.1, -0.05) is 32.6 Å². The molecule has 2 fully saturated rings. The maximum Gasteiger partial charge on any atom is 0.311 e. The maximum absolute atomic E-state index is 11.9. The minimum atomic E-state index is -0.772. The first-order valence-electron chi connectivity index (χ1n) is 7.05. The lowest BCUT2D eigenvalue weighted by Crippen LogP contribution is -2.37. The monoisotopic (exact) mass is 253 g/mol. The predicted octanol–water partition coefficient (Wildman–Crippen LogP) is 2.18. The highest BCUT2D eigenvalue weighted by Crippen LogP contribution is 2.45. The van der Waals surface area contributed by atoms with E-state index in [1.54, 1.807) is 0 Å². The standard InChI is InChI=1S/C14H23NO3/c1-10(8-11-4-2-3-5-11)12(16)15-9-14(6-7-14)13(17)18/h10-11H,2-9H2,1H3,(H,15,16)(H,17,18). The number of amides is 1. The van der Waals surface area contributed by atoms with Crippen LogP contribution in [0.15, 0.2) is 0 Å². The summed E-state index contributed by atoms with van der Waals surface area (Å²) in [5, 5.41) is 11.9. The van der Waals surface area contributed by atoms with Gasteiger partial charge in [0.25, 0.3) is 0 Å². The van der Waals surface area contributed by atoms with Crippen molar-refractivity contribution in [2.45, 2.75) is 51.9 Å². The molecule has 2 aliphatic rings. The molecule has 102 valence electrons. The van der Waals surface area contributed by atoms with Gasteiger partial charge >= 0.3 is 5.97 Å². The van der Waals surface area contributed by atoms with Crippen molar-refractivity contribution in [3.05, 3.63) is 0 Å². The van der Waals surface area contributed by atoms with Crippen LogP contribution in [0.2, 0.25) is 0 Å². The van der Waals surface area contributed by atoms with E-state index >= 15 is 0 Å². The molecule has 0 bridgehead atoms. The van der Waals surface area contributed by atoms with Gasteiger partial charge in [-0.3, -0.25) is 9.59 Å². The van der Waals surface area contributed by atoms with Crippen LogP contribution < -0.4 is 5.32 Å². The molecule has 2 saturated carbocycles. The van der Waals surface area contributed by atoms with Gasteiger partial charge in [0, 0.05) is 12.5 Å². The minimum Gasteiger partial charge on any atom is -0.481 e. The van der Waals surface area contributed by atoms with Crippen LogP contribution in [0.4, 0.5) is 0 Å². The summed E-state index contributed by atoms with van der Waals surface area (Å²) in [6.07, 6.45) is 7.42. The summed E-state index contributed by atoms with van der Waals surface area (Å²) < 4.78 is 0. The first kappa shape index (κ1) is 13.4. The van der Waals surface area contributed by atoms with E-state index in [1.807, 2.05) is 6.92 Å². The van der Waals surface area contributed by atoms with E-state index in [9.17, 15) is 9.59 Å². The van der Waals surface area contributed by atoms with E-state index in [0.29, 0.717) is 25.3 Å². The Balaban J connectivity index is 1.72. The summed E-state index contributed by atoms with van der Waals surface area (Å²) in [6.45, 7) is 2.25. The molecular weight excluding hydrogens is 230 g/mol. The Labute approximate surface area is 108 Å². The van der Waals surface area contributed by atoms with Crippen molar-refractivity contribution in [3.63, 3.8) is 0 Å². The molecule has 2 N–H and O–H groups in total. The zero-order valence-corrected chi connectivity index (χ0v) is 11.1. The lowest BCUT2D eigenvalue weighted by atomic mass is 9.94. The van der Waals surface area contributed by atoms with Gasteiger partial charge in [0.15, 0.2) is 0 Å². The van der Waals surface area contributed by atoms with Crippen molar-refractivity contribution in [2.24, 2.45) is 17.3 Å². The molecule has 0 spiro atoms. The average molecular weight is 253 g/mol. The SMILES string of the molecule is CC(CC1CCCC1)C(=O)NCC1(C(=O)O)CC1. The Morgan fingerprint density at radius 1 is 1.33 bits per heavy atom. The zero-order valence-electron chi connectivity index (χ0n) is 11.1. The third-order valence-corrected chi connectivity index (χ3v) is 4.52. The summed E-state index contributed by atoms with van der Waals surface area (Å²) in [5.41, 5.74) is -0.650. The smallest absolute Gasteiger partial charge is 0.311 e. The lowest BCUT2D eigenvalue weighted by Gasteiger charge is -2.17. The molecule has 1 atom stereocenters. The number of nitrogens with one attached hydrogen (secondary N) is 1. The van der Waals surface area contributed by atoms with E-state index in [4.69, 9.17) is 5.11 Å². The van der Waals surface area contributed by atoms with Gasteiger partial charge in [-0.2, -0.15) is 0 Å². The molecule has 4 nitrogen and oxygen atoms in total. The molecule has 1 amide bonds. The molecule has 2 aliphatic carbocycles. The van der Waals surface area contributed by atoms with Crippen molar-refractivity contribution in [1.82, 2.24) is 5.32 Å². The van der Waals surface area contributed by atoms with E-state index in [-0.39, 0.29) is 11.8 Å². The Morgan fingerprint density at radius 2 is 1.94 bits per heavy atom. The number of rotatable bonds is 6. The number of carboxylic acid groups (broad SMARTS) is 1. The average Bonchev–Trinajstić information content (AvgIpc) is 2.97. The van der Waals surface area contributed by atoms with Gasteiger partial charge in [0.05, 0.1) is 5.41 Å². The third kappa shape index (κ3) is 3.03. The van der Waals surface area contributed by atoms with Crippen LogP contribution in [0, 0.1) is 17.3 Å².